The van der Waals surface area contributed by atoms with Crippen molar-refractivity contribution >= 4 is 5.96 Å². The molecule has 0 fully saturated rings. The van der Waals surface area contributed by atoms with Crippen LogP contribution in [-0.4, -0.2) is 34.8 Å². The summed E-state index contributed by atoms with van der Waals surface area (Å²) in [6.45, 7) is 12.5. The first-order valence-electron chi connectivity index (χ1n) is 9.67. The Balaban J connectivity index is 1.92. The Labute approximate surface area is 162 Å². The molecule has 3 N–H and O–H groups in total. The van der Waals surface area contributed by atoms with E-state index < -0.39 is 0 Å². The second-order valence-corrected chi connectivity index (χ2v) is 7.57. The molecule has 2 aromatic rings. The van der Waals surface area contributed by atoms with Crippen molar-refractivity contribution in [3.63, 3.8) is 0 Å². The number of aliphatic imine (C=N–C) groups is 1. The molecule has 0 atom stereocenters. The molecule has 6 nitrogen and oxygen atoms in total. The Morgan fingerprint density at radius 1 is 1.19 bits per heavy atom. The van der Waals surface area contributed by atoms with Crippen LogP contribution >= 0.6 is 0 Å². The summed E-state index contributed by atoms with van der Waals surface area (Å²) in [4.78, 5) is 4.72. The number of guanidine groups is 1. The summed E-state index contributed by atoms with van der Waals surface area (Å²) in [7, 11) is 0. The van der Waals surface area contributed by atoms with Gasteiger partial charge in [0, 0.05) is 24.3 Å². The van der Waals surface area contributed by atoms with Crippen LogP contribution in [0.3, 0.4) is 0 Å². The molecule has 0 aliphatic heterocycles. The van der Waals surface area contributed by atoms with Crippen molar-refractivity contribution < 1.29 is 4.74 Å². The summed E-state index contributed by atoms with van der Waals surface area (Å²) in [5.74, 6) is 1.71. The van der Waals surface area contributed by atoms with E-state index in [1.54, 1.807) is 0 Å². The van der Waals surface area contributed by atoms with Crippen molar-refractivity contribution in [2.75, 3.05) is 13.1 Å². The van der Waals surface area contributed by atoms with E-state index in [-0.39, 0.29) is 5.60 Å². The SMILES string of the molecule is CCNC(=NCc1ccccc1OC(C)(C)C)NCCCc1cn[nH]c1C. The summed E-state index contributed by atoms with van der Waals surface area (Å²) >= 11 is 0. The van der Waals surface area contributed by atoms with Crippen LogP contribution in [0.4, 0.5) is 0 Å². The highest BCUT2D eigenvalue weighted by Crippen LogP contribution is 2.23. The molecule has 0 saturated heterocycles. The van der Waals surface area contributed by atoms with Crippen molar-refractivity contribution in [2.45, 2.75) is 59.6 Å². The Kier molecular flexibility index (Phi) is 7.70. The average molecular weight is 372 g/mol. The fraction of sp³-hybridized carbons (Fsp3) is 0.524. The van der Waals surface area contributed by atoms with Gasteiger partial charge in [0.25, 0.3) is 0 Å². The highest BCUT2D eigenvalue weighted by Gasteiger charge is 2.14. The highest BCUT2D eigenvalue weighted by molar-refractivity contribution is 5.79. The number of aromatic amines is 1. The molecule has 1 aromatic carbocycles. The number of benzene rings is 1. The minimum Gasteiger partial charge on any atom is -0.488 e. The van der Waals surface area contributed by atoms with E-state index >= 15 is 0 Å². The van der Waals surface area contributed by atoms with E-state index in [9.17, 15) is 0 Å². The molecule has 1 heterocycles. The van der Waals surface area contributed by atoms with E-state index in [1.165, 1.54) is 5.56 Å². The first-order valence-corrected chi connectivity index (χ1v) is 9.67. The highest BCUT2D eigenvalue weighted by atomic mass is 16.5. The van der Waals surface area contributed by atoms with Crippen LogP contribution in [0.1, 0.15) is 50.9 Å². The molecule has 0 unspecified atom stereocenters. The molecule has 2 rings (SSSR count). The van der Waals surface area contributed by atoms with Crippen LogP contribution in [0.5, 0.6) is 5.75 Å². The number of hydrogen-bond acceptors (Lipinski definition) is 3. The molecule has 0 aliphatic carbocycles. The lowest BCUT2D eigenvalue weighted by Gasteiger charge is -2.23. The summed E-state index contributed by atoms with van der Waals surface area (Å²) in [5, 5.41) is 13.8. The predicted molar refractivity (Wildman–Crippen MR) is 111 cm³/mol. The molecule has 27 heavy (non-hydrogen) atoms. The Hall–Kier alpha value is -2.50. The van der Waals surface area contributed by atoms with E-state index in [0.29, 0.717) is 6.54 Å². The van der Waals surface area contributed by atoms with E-state index in [2.05, 4.69) is 61.5 Å². The van der Waals surface area contributed by atoms with Gasteiger partial charge in [-0.2, -0.15) is 5.10 Å². The van der Waals surface area contributed by atoms with Crippen LogP contribution in [0.2, 0.25) is 0 Å². The number of para-hydroxylation sites is 1. The second-order valence-electron chi connectivity index (χ2n) is 7.57. The fourth-order valence-corrected chi connectivity index (χ4v) is 2.68. The number of aromatic nitrogens is 2. The summed E-state index contributed by atoms with van der Waals surface area (Å²) in [6, 6.07) is 8.09. The summed E-state index contributed by atoms with van der Waals surface area (Å²) in [6.07, 6.45) is 3.92. The van der Waals surface area contributed by atoms with Gasteiger partial charge in [0.15, 0.2) is 5.96 Å². The number of H-pyrrole nitrogens is 1. The third-order valence-corrected chi connectivity index (χ3v) is 3.99. The second kappa shape index (κ2) is 10.00. The monoisotopic (exact) mass is 371 g/mol. The number of rotatable bonds is 8. The Bertz CT molecular complexity index is 730. The van der Waals surface area contributed by atoms with Crippen LogP contribution in [0.25, 0.3) is 0 Å². The van der Waals surface area contributed by atoms with Gasteiger partial charge in [0.2, 0.25) is 0 Å². The molecule has 0 bridgehead atoms. The van der Waals surface area contributed by atoms with Gasteiger partial charge < -0.3 is 15.4 Å². The van der Waals surface area contributed by atoms with E-state index in [4.69, 9.17) is 9.73 Å². The van der Waals surface area contributed by atoms with Crippen molar-refractivity contribution in [2.24, 2.45) is 4.99 Å². The zero-order chi connectivity index (χ0) is 19.7. The maximum absolute atomic E-state index is 6.06. The predicted octanol–water partition coefficient (Wildman–Crippen LogP) is 3.58. The van der Waals surface area contributed by atoms with Gasteiger partial charge in [-0.3, -0.25) is 5.10 Å². The molecule has 6 heteroatoms. The topological polar surface area (TPSA) is 74.3 Å². The third-order valence-electron chi connectivity index (χ3n) is 3.99. The number of aryl methyl sites for hydroxylation is 2. The number of ether oxygens (including phenoxy) is 1. The summed E-state index contributed by atoms with van der Waals surface area (Å²) < 4.78 is 6.06. The first kappa shape index (κ1) is 20.8. The van der Waals surface area contributed by atoms with Gasteiger partial charge in [0.05, 0.1) is 12.7 Å². The van der Waals surface area contributed by atoms with Gasteiger partial charge >= 0.3 is 0 Å². The van der Waals surface area contributed by atoms with Crippen molar-refractivity contribution in [1.82, 2.24) is 20.8 Å². The van der Waals surface area contributed by atoms with Gasteiger partial charge in [-0.05, 0) is 59.1 Å². The standard InChI is InChI=1S/C21H33N5O/c1-6-22-20(23-13-9-11-17-15-25-26-16(17)2)24-14-18-10-7-8-12-19(18)27-21(3,4)5/h7-8,10,12,15H,6,9,11,13-14H2,1-5H3,(H,25,26)(H2,22,23,24). The van der Waals surface area contributed by atoms with Gasteiger partial charge in [-0.1, -0.05) is 18.2 Å². The zero-order valence-corrected chi connectivity index (χ0v) is 17.2. The minimum absolute atomic E-state index is 0.228. The van der Waals surface area contributed by atoms with Gasteiger partial charge in [-0.25, -0.2) is 4.99 Å². The molecule has 0 radical (unpaired) electrons. The smallest absolute Gasteiger partial charge is 0.191 e. The Morgan fingerprint density at radius 2 is 1.96 bits per heavy atom. The van der Waals surface area contributed by atoms with Crippen LogP contribution in [0, 0.1) is 6.92 Å². The lowest BCUT2D eigenvalue weighted by molar-refractivity contribution is 0.129. The van der Waals surface area contributed by atoms with Gasteiger partial charge in [-0.15, -0.1) is 0 Å². The number of hydrogen-bond donors (Lipinski definition) is 3. The maximum atomic E-state index is 6.06. The third kappa shape index (κ3) is 7.33. The molecule has 0 amide bonds. The normalized spacial score (nSPS) is 12.1. The Morgan fingerprint density at radius 3 is 2.63 bits per heavy atom. The fourth-order valence-electron chi connectivity index (χ4n) is 2.68. The van der Waals surface area contributed by atoms with Crippen molar-refractivity contribution in [1.29, 1.82) is 0 Å². The molecule has 0 aliphatic rings. The first-order chi connectivity index (χ1) is 12.9. The quantitative estimate of drug-likeness (QED) is 0.377. The van der Waals surface area contributed by atoms with E-state index in [1.807, 2.05) is 24.4 Å². The van der Waals surface area contributed by atoms with Crippen molar-refractivity contribution in [3.8, 4) is 5.75 Å². The molecular formula is C21H33N5O. The van der Waals surface area contributed by atoms with E-state index in [0.717, 1.165) is 48.9 Å². The molecule has 0 saturated carbocycles. The summed E-state index contributed by atoms with van der Waals surface area (Å²) in [5.41, 5.74) is 3.27. The lowest BCUT2D eigenvalue weighted by Crippen LogP contribution is -2.37. The number of nitrogens with zero attached hydrogens (tertiary/aromatic N) is 2. The lowest BCUT2D eigenvalue weighted by atomic mass is 10.1. The van der Waals surface area contributed by atoms with Gasteiger partial charge in [0.1, 0.15) is 11.4 Å². The molecular weight excluding hydrogens is 338 g/mol. The van der Waals surface area contributed by atoms with Crippen LogP contribution in [0.15, 0.2) is 35.5 Å². The van der Waals surface area contributed by atoms with Crippen LogP contribution in [-0.2, 0) is 13.0 Å². The molecule has 0 spiro atoms. The molecule has 148 valence electrons. The zero-order valence-electron chi connectivity index (χ0n) is 17.2. The van der Waals surface area contributed by atoms with Crippen molar-refractivity contribution in [3.05, 3.63) is 47.3 Å². The molecule has 1 aromatic heterocycles. The maximum Gasteiger partial charge on any atom is 0.191 e. The largest absolute Gasteiger partial charge is 0.488 e. The minimum atomic E-state index is -0.228. The van der Waals surface area contributed by atoms with Crippen LogP contribution < -0.4 is 15.4 Å². The average Bonchev–Trinajstić information content (AvgIpc) is 3.01. The number of nitrogens with one attached hydrogen (secondary N) is 3.